The molecule has 180 valence electrons. The van der Waals surface area contributed by atoms with Crippen LogP contribution in [0, 0.1) is 11.6 Å². The number of aromatic nitrogens is 3. The number of rotatable bonds is 6. The van der Waals surface area contributed by atoms with Gasteiger partial charge in [0.05, 0.1) is 35.6 Å². The first-order valence-corrected chi connectivity index (χ1v) is 11.5. The van der Waals surface area contributed by atoms with Gasteiger partial charge >= 0.3 is 0 Å². The molecule has 0 atom stereocenters. The van der Waals surface area contributed by atoms with Crippen LogP contribution < -0.4 is 20.9 Å². The number of pyridine rings is 1. The Labute approximate surface area is 200 Å². The molecule has 0 spiro atoms. The van der Waals surface area contributed by atoms with E-state index in [4.69, 9.17) is 4.74 Å². The fourth-order valence-corrected chi connectivity index (χ4v) is 4.60. The van der Waals surface area contributed by atoms with Gasteiger partial charge in [0.2, 0.25) is 0 Å². The second-order valence-corrected chi connectivity index (χ2v) is 8.61. The third-order valence-corrected chi connectivity index (χ3v) is 6.41. The van der Waals surface area contributed by atoms with Gasteiger partial charge < -0.3 is 15.4 Å². The highest BCUT2D eigenvalue weighted by molar-refractivity contribution is 5.92. The smallest absolute Gasteiger partial charge is 0.275 e. The lowest BCUT2D eigenvalue weighted by molar-refractivity contribution is 0.413. The summed E-state index contributed by atoms with van der Waals surface area (Å²) in [7, 11) is 1.60. The Kier molecular flexibility index (Phi) is 6.41. The Balaban J connectivity index is 1.55. The van der Waals surface area contributed by atoms with Crippen LogP contribution in [0.3, 0.4) is 0 Å². The predicted octanol–water partition coefficient (Wildman–Crippen LogP) is 4.41. The molecular weight excluding hydrogens is 452 g/mol. The van der Waals surface area contributed by atoms with Crippen LogP contribution in [-0.2, 0) is 6.42 Å². The number of piperidine rings is 1. The van der Waals surface area contributed by atoms with Crippen LogP contribution in [0.2, 0.25) is 0 Å². The molecule has 0 bridgehead atoms. The van der Waals surface area contributed by atoms with Crippen molar-refractivity contribution in [3.05, 3.63) is 87.5 Å². The summed E-state index contributed by atoms with van der Waals surface area (Å²) in [4.78, 5) is 17.1. The van der Waals surface area contributed by atoms with Crippen LogP contribution in [0.4, 0.5) is 20.2 Å². The normalized spacial score (nSPS) is 14.3. The zero-order chi connectivity index (χ0) is 24.4. The van der Waals surface area contributed by atoms with Gasteiger partial charge in [-0.2, -0.15) is 5.10 Å². The highest BCUT2D eigenvalue weighted by Gasteiger charge is 2.19. The molecule has 7 nitrogen and oxygen atoms in total. The standard InChI is InChI=1S/C26H25F2N5O2/c1-35-24-11-16(15-7-9-29-10-8-15)5-6-21(24)32-22-13-17(12-18-19(27)3-2-4-20(18)28)31-23-14-30-33-26(34)25(22)23/h2-6,11,13-15,29H,7-10,12H2,1H3,(H,31,32)(H,33,34). The molecule has 0 amide bonds. The highest BCUT2D eigenvalue weighted by atomic mass is 19.1. The average molecular weight is 478 g/mol. The van der Waals surface area contributed by atoms with Crippen LogP contribution >= 0.6 is 0 Å². The number of fused-ring (bicyclic) bond motifs is 1. The summed E-state index contributed by atoms with van der Waals surface area (Å²) >= 11 is 0. The summed E-state index contributed by atoms with van der Waals surface area (Å²) in [5, 5.41) is 13.2. The Hall–Kier alpha value is -3.85. The van der Waals surface area contributed by atoms with Crippen molar-refractivity contribution in [3.63, 3.8) is 0 Å². The van der Waals surface area contributed by atoms with Crippen LogP contribution in [-0.4, -0.2) is 35.4 Å². The lowest BCUT2D eigenvalue weighted by atomic mass is 9.90. The second-order valence-electron chi connectivity index (χ2n) is 8.61. The second kappa shape index (κ2) is 9.79. The maximum Gasteiger partial charge on any atom is 0.275 e. The summed E-state index contributed by atoms with van der Waals surface area (Å²) < 4.78 is 34.2. The van der Waals surface area contributed by atoms with Crippen molar-refractivity contribution in [2.75, 3.05) is 25.5 Å². The van der Waals surface area contributed by atoms with Crippen LogP contribution in [0.15, 0.2) is 53.5 Å². The van der Waals surface area contributed by atoms with Gasteiger partial charge in [0.15, 0.2) is 0 Å². The van der Waals surface area contributed by atoms with Gasteiger partial charge in [-0.05, 0) is 67.7 Å². The number of halogens is 2. The fraction of sp³-hybridized carbons (Fsp3) is 0.269. The Morgan fingerprint density at radius 1 is 1.09 bits per heavy atom. The molecule has 1 saturated heterocycles. The third kappa shape index (κ3) is 4.72. The van der Waals surface area contributed by atoms with Gasteiger partial charge in [0.1, 0.15) is 17.4 Å². The lowest BCUT2D eigenvalue weighted by Gasteiger charge is -2.24. The molecule has 2 aromatic heterocycles. The van der Waals surface area contributed by atoms with E-state index in [1.54, 1.807) is 13.2 Å². The molecule has 3 heterocycles. The number of anilines is 2. The number of methoxy groups -OCH3 is 1. The maximum atomic E-state index is 14.3. The number of ether oxygens (including phenoxy) is 1. The molecule has 5 rings (SSSR count). The molecular formula is C26H25F2N5O2. The minimum Gasteiger partial charge on any atom is -0.495 e. The van der Waals surface area contributed by atoms with Crippen LogP contribution in [0.5, 0.6) is 5.75 Å². The first-order chi connectivity index (χ1) is 17.0. The molecule has 3 N–H and O–H groups in total. The van der Waals surface area contributed by atoms with Gasteiger partial charge in [0, 0.05) is 17.7 Å². The monoisotopic (exact) mass is 477 g/mol. The van der Waals surface area contributed by atoms with Crippen molar-refractivity contribution < 1.29 is 13.5 Å². The topological polar surface area (TPSA) is 91.9 Å². The zero-order valence-corrected chi connectivity index (χ0v) is 19.2. The predicted molar refractivity (Wildman–Crippen MR) is 130 cm³/mol. The van der Waals surface area contributed by atoms with Gasteiger partial charge in [-0.15, -0.1) is 0 Å². The molecule has 2 aromatic carbocycles. The van der Waals surface area contributed by atoms with E-state index in [1.807, 2.05) is 12.1 Å². The van der Waals surface area contributed by atoms with Crippen LogP contribution in [0.25, 0.3) is 10.9 Å². The Morgan fingerprint density at radius 3 is 2.60 bits per heavy atom. The third-order valence-electron chi connectivity index (χ3n) is 6.41. The molecule has 0 aliphatic carbocycles. The Bertz CT molecular complexity index is 1410. The van der Waals surface area contributed by atoms with E-state index in [2.05, 4.69) is 31.9 Å². The molecule has 1 aliphatic rings. The fourth-order valence-electron chi connectivity index (χ4n) is 4.60. The minimum atomic E-state index is -0.652. The molecule has 0 saturated carbocycles. The summed E-state index contributed by atoms with van der Waals surface area (Å²) in [6, 6.07) is 11.4. The molecule has 1 aliphatic heterocycles. The minimum absolute atomic E-state index is 0.0816. The molecule has 0 radical (unpaired) electrons. The number of nitrogens with zero attached hydrogens (tertiary/aromatic N) is 2. The molecule has 0 unspecified atom stereocenters. The van der Waals surface area contributed by atoms with E-state index in [0.29, 0.717) is 39.6 Å². The van der Waals surface area contributed by atoms with E-state index >= 15 is 0 Å². The van der Waals surface area contributed by atoms with Gasteiger partial charge in [0.25, 0.3) is 5.56 Å². The summed E-state index contributed by atoms with van der Waals surface area (Å²) in [6.07, 6.45) is 3.45. The molecule has 4 aromatic rings. The lowest BCUT2D eigenvalue weighted by Crippen LogP contribution is -2.26. The summed E-state index contributed by atoms with van der Waals surface area (Å²) in [5.74, 6) is -0.212. The number of hydrogen-bond donors (Lipinski definition) is 3. The molecule has 35 heavy (non-hydrogen) atoms. The van der Waals surface area contributed by atoms with Crippen molar-refractivity contribution in [2.45, 2.75) is 25.2 Å². The summed E-state index contributed by atoms with van der Waals surface area (Å²) in [5.41, 5.74) is 2.50. The van der Waals surface area contributed by atoms with Crippen molar-refractivity contribution in [2.24, 2.45) is 0 Å². The quantitative estimate of drug-likeness (QED) is 0.381. The van der Waals surface area contributed by atoms with E-state index in [9.17, 15) is 13.6 Å². The van der Waals surface area contributed by atoms with Crippen LogP contribution in [0.1, 0.15) is 35.6 Å². The number of H-pyrrole nitrogens is 1. The number of nitrogens with one attached hydrogen (secondary N) is 3. The maximum absolute atomic E-state index is 14.3. The van der Waals surface area contributed by atoms with E-state index in [1.165, 1.54) is 30.0 Å². The van der Waals surface area contributed by atoms with Crippen molar-refractivity contribution in [1.29, 1.82) is 0 Å². The van der Waals surface area contributed by atoms with Crippen molar-refractivity contribution in [3.8, 4) is 5.75 Å². The number of aromatic amines is 1. The first kappa shape index (κ1) is 22.9. The Morgan fingerprint density at radius 2 is 1.86 bits per heavy atom. The van der Waals surface area contributed by atoms with E-state index < -0.39 is 17.2 Å². The molecule has 9 heteroatoms. The largest absolute Gasteiger partial charge is 0.495 e. The van der Waals surface area contributed by atoms with Crippen molar-refractivity contribution >= 4 is 22.3 Å². The SMILES string of the molecule is COc1cc(C2CCNCC2)ccc1Nc1cc(Cc2c(F)cccc2F)nc2cn[nH]c(=O)c12. The number of benzene rings is 2. The van der Waals surface area contributed by atoms with Gasteiger partial charge in [-0.3, -0.25) is 9.78 Å². The van der Waals surface area contributed by atoms with Crippen molar-refractivity contribution in [1.82, 2.24) is 20.5 Å². The molecule has 1 fully saturated rings. The van der Waals surface area contributed by atoms with E-state index in [0.717, 1.165) is 25.9 Å². The zero-order valence-electron chi connectivity index (χ0n) is 19.2. The number of hydrogen-bond acceptors (Lipinski definition) is 6. The summed E-state index contributed by atoms with van der Waals surface area (Å²) in [6.45, 7) is 1.97. The highest BCUT2D eigenvalue weighted by Crippen LogP contribution is 2.35. The van der Waals surface area contributed by atoms with E-state index in [-0.39, 0.29) is 12.0 Å². The average Bonchev–Trinajstić information content (AvgIpc) is 2.87. The van der Waals surface area contributed by atoms with Gasteiger partial charge in [-0.25, -0.2) is 13.9 Å². The van der Waals surface area contributed by atoms with Gasteiger partial charge in [-0.1, -0.05) is 12.1 Å². The first-order valence-electron chi connectivity index (χ1n) is 11.5.